The first-order chi connectivity index (χ1) is 20.2. The van der Waals surface area contributed by atoms with E-state index in [0.717, 1.165) is 18.4 Å². The number of hydrogen-bond donors (Lipinski definition) is 2. The van der Waals surface area contributed by atoms with Gasteiger partial charge in [0.15, 0.2) is 0 Å². The van der Waals surface area contributed by atoms with Crippen LogP contribution in [0.5, 0.6) is 5.88 Å². The summed E-state index contributed by atoms with van der Waals surface area (Å²) in [5.74, 6) is -1.84. The molecule has 11 heteroatoms. The maximum atomic E-state index is 16.2. The maximum Gasteiger partial charge on any atom is 0.335 e. The molecule has 1 amide bonds. The molecule has 1 aromatic heterocycles. The molecule has 1 saturated heterocycles. The molecule has 0 radical (unpaired) electrons. The Kier molecular flexibility index (Phi) is 5.52. The second-order valence-electron chi connectivity index (χ2n) is 11.7. The van der Waals surface area contributed by atoms with Gasteiger partial charge in [-0.3, -0.25) is 9.69 Å². The van der Waals surface area contributed by atoms with Gasteiger partial charge in [0, 0.05) is 28.7 Å². The lowest BCUT2D eigenvalue weighted by molar-refractivity contribution is -0.128. The van der Waals surface area contributed by atoms with E-state index in [1.54, 1.807) is 35.0 Å². The number of carbonyl (C=O) groups excluding carboxylic acids is 1. The van der Waals surface area contributed by atoms with Crippen molar-refractivity contribution in [3.05, 3.63) is 87.2 Å². The first-order valence-corrected chi connectivity index (χ1v) is 14.7. The number of fused-ring (bicyclic) bond motifs is 7. The minimum absolute atomic E-state index is 0.0355. The third-order valence-corrected chi connectivity index (χ3v) is 9.90. The second-order valence-corrected chi connectivity index (χ2v) is 12.6. The summed E-state index contributed by atoms with van der Waals surface area (Å²) in [7, 11) is 0. The average molecular weight is 607 g/mol. The first-order valence-electron chi connectivity index (χ1n) is 13.9. The summed E-state index contributed by atoms with van der Waals surface area (Å²) in [5, 5.41) is 18.6. The lowest BCUT2D eigenvalue weighted by Gasteiger charge is -2.41. The Morgan fingerprint density at radius 2 is 1.98 bits per heavy atom. The molecule has 1 aliphatic carbocycles. The molecule has 4 aromatic rings. The number of carbonyl (C=O) groups is 2. The fraction of sp³-hybridized carbons (Fsp3) is 0.323. The number of rotatable bonds is 4. The zero-order chi connectivity index (χ0) is 29.1. The van der Waals surface area contributed by atoms with Crippen LogP contribution in [0.4, 0.5) is 10.1 Å². The van der Waals surface area contributed by atoms with Crippen molar-refractivity contribution >= 4 is 51.7 Å². The molecule has 8 rings (SSSR count). The van der Waals surface area contributed by atoms with Gasteiger partial charge in [-0.2, -0.15) is 5.10 Å². The van der Waals surface area contributed by atoms with Crippen LogP contribution in [0.3, 0.4) is 0 Å². The van der Waals surface area contributed by atoms with Crippen LogP contribution in [0.25, 0.3) is 10.9 Å². The highest BCUT2D eigenvalue weighted by Crippen LogP contribution is 2.64. The van der Waals surface area contributed by atoms with Crippen molar-refractivity contribution < 1.29 is 23.8 Å². The van der Waals surface area contributed by atoms with Crippen LogP contribution in [-0.2, 0) is 10.3 Å². The normalized spacial score (nSPS) is 28.0. The maximum absolute atomic E-state index is 16.2. The van der Waals surface area contributed by atoms with Crippen molar-refractivity contribution in [2.75, 3.05) is 11.9 Å². The van der Waals surface area contributed by atoms with Gasteiger partial charge in [0.1, 0.15) is 17.5 Å². The number of likely N-dealkylation sites (tertiary alicyclic amines) is 1. The van der Waals surface area contributed by atoms with Crippen molar-refractivity contribution in [2.45, 2.75) is 49.4 Å². The number of benzene rings is 3. The zero-order valence-corrected chi connectivity index (χ0v) is 23.9. The van der Waals surface area contributed by atoms with Crippen LogP contribution in [0.1, 0.15) is 53.2 Å². The third-order valence-electron chi connectivity index (χ3n) is 9.37. The summed E-state index contributed by atoms with van der Waals surface area (Å²) >= 11 is 12.8. The number of halogens is 3. The van der Waals surface area contributed by atoms with Gasteiger partial charge in [0.2, 0.25) is 11.8 Å². The highest BCUT2D eigenvalue weighted by atomic mass is 35.5. The Labute approximate surface area is 250 Å². The molecule has 2 N–H and O–H groups in total. The molecule has 3 aliphatic heterocycles. The van der Waals surface area contributed by atoms with E-state index in [-0.39, 0.29) is 22.5 Å². The van der Waals surface area contributed by atoms with Crippen LogP contribution in [0, 0.1) is 11.7 Å². The van der Waals surface area contributed by atoms with Gasteiger partial charge in [-0.05, 0) is 67.6 Å². The topological polar surface area (TPSA) is 96.7 Å². The van der Waals surface area contributed by atoms with E-state index in [1.807, 2.05) is 13.0 Å². The Balaban J connectivity index is 1.45. The Morgan fingerprint density at radius 3 is 2.74 bits per heavy atom. The number of ether oxygens (including phenoxy) is 1. The molecule has 1 spiro atoms. The second kappa shape index (κ2) is 8.92. The standard InChI is InChI=1S/C31H25Cl2FN4O4/c1-14-26-27(38-28(42-14)18-9-7-16(29(39)40)11-22(18)36-38)24(19-3-2-4-21(33)25(19)34)31(37(26)13-15-5-6-15)20-10-8-17(32)12-23(20)35-30(31)41/h2-4,7-12,14-15,24,26-27H,5-6,13H2,1H3,(H,35,41)(H,39,40)/t14-,24+,26+,27+,31-/m0/s1. The van der Waals surface area contributed by atoms with Crippen LogP contribution in [0.15, 0.2) is 54.6 Å². The quantitative estimate of drug-likeness (QED) is 0.286. The number of nitrogens with one attached hydrogen (secondary N) is 1. The van der Waals surface area contributed by atoms with Crippen LogP contribution in [0.2, 0.25) is 10.0 Å². The van der Waals surface area contributed by atoms with Gasteiger partial charge in [0.25, 0.3) is 0 Å². The molecular formula is C31H25Cl2FN4O4. The highest BCUT2D eigenvalue weighted by molar-refractivity contribution is 6.31. The average Bonchev–Trinajstić information content (AvgIpc) is 3.54. The first kappa shape index (κ1) is 26.0. The number of anilines is 1. The van der Waals surface area contributed by atoms with E-state index in [4.69, 9.17) is 33.0 Å². The van der Waals surface area contributed by atoms with Gasteiger partial charge in [0.05, 0.1) is 33.6 Å². The van der Waals surface area contributed by atoms with E-state index >= 15 is 4.39 Å². The van der Waals surface area contributed by atoms with Gasteiger partial charge < -0.3 is 15.2 Å². The summed E-state index contributed by atoms with van der Waals surface area (Å²) in [4.78, 5) is 28.5. The molecule has 42 heavy (non-hydrogen) atoms. The largest absolute Gasteiger partial charge is 0.478 e. The van der Waals surface area contributed by atoms with Crippen molar-refractivity contribution in [3.63, 3.8) is 0 Å². The van der Waals surface area contributed by atoms with Crippen molar-refractivity contribution in [1.29, 1.82) is 0 Å². The molecule has 1 saturated carbocycles. The Bertz CT molecular complexity index is 1840. The molecule has 5 atom stereocenters. The molecule has 0 unspecified atom stereocenters. The minimum atomic E-state index is -1.31. The number of aromatic nitrogens is 2. The number of hydrogen-bond acceptors (Lipinski definition) is 5. The van der Waals surface area contributed by atoms with E-state index in [0.29, 0.717) is 45.5 Å². The van der Waals surface area contributed by atoms with Crippen molar-refractivity contribution in [3.8, 4) is 5.88 Å². The predicted molar refractivity (Wildman–Crippen MR) is 155 cm³/mol. The monoisotopic (exact) mass is 606 g/mol. The van der Waals surface area contributed by atoms with Crippen LogP contribution >= 0.6 is 23.2 Å². The summed E-state index contributed by atoms with van der Waals surface area (Å²) in [6, 6.07) is 14.0. The molecular weight excluding hydrogens is 582 g/mol. The van der Waals surface area contributed by atoms with Gasteiger partial charge >= 0.3 is 5.97 Å². The number of carboxylic acids is 1. The smallest absolute Gasteiger partial charge is 0.335 e. The van der Waals surface area contributed by atoms with Crippen molar-refractivity contribution in [2.24, 2.45) is 5.92 Å². The van der Waals surface area contributed by atoms with Gasteiger partial charge in [-0.25, -0.2) is 13.9 Å². The van der Waals surface area contributed by atoms with Crippen LogP contribution in [-0.4, -0.2) is 50.4 Å². The SMILES string of the molecule is C[C@@H]1Oc2c3ccc(C(=O)O)cc3nn2[C@H]2[C@@H]1N(CC1CC1)[C@]1(C(=O)Nc3cc(Cl)ccc31)[C@@H]2c1cccc(Cl)c1F. The lowest BCUT2D eigenvalue weighted by Crippen LogP contribution is -2.56. The summed E-state index contributed by atoms with van der Waals surface area (Å²) in [6.45, 7) is 2.58. The van der Waals surface area contributed by atoms with E-state index < -0.39 is 35.4 Å². The van der Waals surface area contributed by atoms with Crippen molar-refractivity contribution in [1.82, 2.24) is 14.7 Å². The fourth-order valence-corrected chi connectivity index (χ4v) is 7.89. The van der Waals surface area contributed by atoms with Gasteiger partial charge in [-0.15, -0.1) is 0 Å². The Morgan fingerprint density at radius 1 is 1.17 bits per heavy atom. The Hall–Kier alpha value is -3.66. The summed E-state index contributed by atoms with van der Waals surface area (Å²) < 4.78 is 24.5. The molecule has 8 nitrogen and oxygen atoms in total. The van der Waals surface area contributed by atoms with Crippen LogP contribution < -0.4 is 10.1 Å². The lowest BCUT2D eigenvalue weighted by atomic mass is 9.73. The molecule has 3 aromatic carbocycles. The summed E-state index contributed by atoms with van der Waals surface area (Å²) in [6.07, 6.45) is 1.67. The van der Waals surface area contributed by atoms with E-state index in [2.05, 4.69) is 10.2 Å². The molecule has 4 aliphatic rings. The highest BCUT2D eigenvalue weighted by Gasteiger charge is 2.70. The molecule has 214 valence electrons. The molecule has 4 heterocycles. The number of amides is 1. The summed E-state index contributed by atoms with van der Waals surface area (Å²) in [5.41, 5.74) is 0.840. The minimum Gasteiger partial charge on any atom is -0.478 e. The molecule has 2 fully saturated rings. The number of aromatic carboxylic acids is 1. The fourth-order valence-electron chi connectivity index (χ4n) is 7.54. The predicted octanol–water partition coefficient (Wildman–Crippen LogP) is 6.23. The van der Waals surface area contributed by atoms with Gasteiger partial charge in [-0.1, -0.05) is 41.4 Å². The van der Waals surface area contributed by atoms with E-state index in [9.17, 15) is 14.7 Å². The molecule has 0 bridgehead atoms. The number of carboxylic acid groups (broad SMARTS) is 1. The zero-order valence-electron chi connectivity index (χ0n) is 22.4. The third kappa shape index (κ3) is 3.41. The van der Waals surface area contributed by atoms with E-state index in [1.165, 1.54) is 18.2 Å². The number of nitrogens with zero attached hydrogens (tertiary/aromatic N) is 3.